The van der Waals surface area contributed by atoms with Gasteiger partial charge in [-0.1, -0.05) is 24.3 Å². The van der Waals surface area contributed by atoms with Gasteiger partial charge < -0.3 is 10.2 Å². The van der Waals surface area contributed by atoms with Crippen molar-refractivity contribution in [1.29, 1.82) is 0 Å². The number of nitrogens with one attached hydrogen (secondary N) is 1. The maximum atomic E-state index is 12.8. The minimum atomic E-state index is -0.0125. The molecule has 1 amide bonds. The van der Waals surface area contributed by atoms with Crippen LogP contribution in [0.2, 0.25) is 0 Å². The summed E-state index contributed by atoms with van der Waals surface area (Å²) >= 11 is 1.52. The monoisotopic (exact) mass is 323 g/mol. The molecular weight excluding hydrogens is 306 g/mol. The molecule has 3 aromatic rings. The summed E-state index contributed by atoms with van der Waals surface area (Å²) in [5, 5.41) is 5.93. The molecule has 0 fully saturated rings. The number of aromatic nitrogens is 1. The molecule has 0 saturated heterocycles. The lowest BCUT2D eigenvalue weighted by Crippen LogP contribution is -2.30. The van der Waals surface area contributed by atoms with E-state index in [1.807, 2.05) is 66.9 Å². The summed E-state index contributed by atoms with van der Waals surface area (Å²) in [5.74, 6) is -0.0125. The van der Waals surface area contributed by atoms with Gasteiger partial charge in [0.25, 0.3) is 5.91 Å². The van der Waals surface area contributed by atoms with Crippen LogP contribution in [0.4, 0.5) is 16.5 Å². The summed E-state index contributed by atoms with van der Waals surface area (Å²) in [6.45, 7) is 2.59. The number of amides is 1. The van der Waals surface area contributed by atoms with Gasteiger partial charge in [-0.15, -0.1) is 11.3 Å². The molecule has 0 bridgehead atoms. The van der Waals surface area contributed by atoms with Crippen LogP contribution in [0.1, 0.15) is 17.3 Å². The first-order valence-corrected chi connectivity index (χ1v) is 8.29. The van der Waals surface area contributed by atoms with Crippen molar-refractivity contribution in [2.75, 3.05) is 16.8 Å². The SMILES string of the molecule is CCN(C(=O)c1cccc(Nc2nccs2)c1)c1ccccc1. The molecule has 116 valence electrons. The highest BCUT2D eigenvalue weighted by Crippen LogP contribution is 2.22. The van der Waals surface area contributed by atoms with Crippen LogP contribution in [-0.2, 0) is 0 Å². The van der Waals surface area contributed by atoms with Crippen LogP contribution in [0, 0.1) is 0 Å². The summed E-state index contributed by atoms with van der Waals surface area (Å²) in [6.07, 6.45) is 1.75. The Kier molecular flexibility index (Phi) is 4.68. The summed E-state index contributed by atoms with van der Waals surface area (Å²) in [6, 6.07) is 17.2. The van der Waals surface area contributed by atoms with E-state index >= 15 is 0 Å². The first-order valence-electron chi connectivity index (χ1n) is 7.41. The molecule has 1 aromatic heterocycles. The van der Waals surface area contributed by atoms with Gasteiger partial charge >= 0.3 is 0 Å². The van der Waals surface area contributed by atoms with E-state index < -0.39 is 0 Å². The topological polar surface area (TPSA) is 45.2 Å². The molecular formula is C18H17N3OS. The Morgan fingerprint density at radius 1 is 1.17 bits per heavy atom. The average molecular weight is 323 g/mol. The number of rotatable bonds is 5. The molecule has 1 heterocycles. The Labute approximate surface area is 139 Å². The van der Waals surface area contributed by atoms with Crippen LogP contribution in [0.25, 0.3) is 0 Å². The third kappa shape index (κ3) is 3.57. The largest absolute Gasteiger partial charge is 0.332 e. The molecule has 0 atom stereocenters. The zero-order valence-corrected chi connectivity index (χ0v) is 13.6. The number of para-hydroxylation sites is 1. The first kappa shape index (κ1) is 15.2. The second-order valence-electron chi connectivity index (χ2n) is 4.93. The Hall–Kier alpha value is -2.66. The highest BCUT2D eigenvalue weighted by molar-refractivity contribution is 7.13. The van der Waals surface area contributed by atoms with Crippen LogP contribution in [-0.4, -0.2) is 17.4 Å². The van der Waals surface area contributed by atoms with Crippen molar-refractivity contribution in [3.05, 3.63) is 71.7 Å². The molecule has 0 aliphatic rings. The predicted molar refractivity (Wildman–Crippen MR) is 95.6 cm³/mol. The molecule has 23 heavy (non-hydrogen) atoms. The Morgan fingerprint density at radius 3 is 2.70 bits per heavy atom. The van der Waals surface area contributed by atoms with Crippen molar-refractivity contribution < 1.29 is 4.79 Å². The van der Waals surface area contributed by atoms with E-state index in [4.69, 9.17) is 0 Å². The first-order chi connectivity index (χ1) is 11.3. The fourth-order valence-electron chi connectivity index (χ4n) is 2.35. The van der Waals surface area contributed by atoms with Crippen molar-refractivity contribution in [3.8, 4) is 0 Å². The molecule has 0 aliphatic heterocycles. The van der Waals surface area contributed by atoms with Crippen molar-refractivity contribution in [1.82, 2.24) is 4.98 Å². The highest BCUT2D eigenvalue weighted by atomic mass is 32.1. The van der Waals surface area contributed by atoms with E-state index in [1.54, 1.807) is 11.1 Å². The summed E-state index contributed by atoms with van der Waals surface area (Å²) in [5.41, 5.74) is 2.41. The molecule has 2 aromatic carbocycles. The fourth-order valence-corrected chi connectivity index (χ4v) is 2.89. The molecule has 3 rings (SSSR count). The minimum absolute atomic E-state index is 0.0125. The maximum absolute atomic E-state index is 12.8. The summed E-state index contributed by atoms with van der Waals surface area (Å²) in [4.78, 5) is 18.8. The van der Waals surface area contributed by atoms with Gasteiger partial charge in [0.1, 0.15) is 0 Å². The van der Waals surface area contributed by atoms with Crippen LogP contribution in [0.5, 0.6) is 0 Å². The van der Waals surface area contributed by atoms with Gasteiger partial charge in [0.05, 0.1) is 0 Å². The summed E-state index contributed by atoms with van der Waals surface area (Å²) < 4.78 is 0. The fraction of sp³-hybridized carbons (Fsp3) is 0.111. The number of benzene rings is 2. The number of carbonyl (C=O) groups is 1. The van der Waals surface area contributed by atoms with Gasteiger partial charge in [-0.2, -0.15) is 0 Å². The van der Waals surface area contributed by atoms with E-state index in [0.29, 0.717) is 12.1 Å². The molecule has 0 aliphatic carbocycles. The van der Waals surface area contributed by atoms with E-state index in [0.717, 1.165) is 16.5 Å². The Bertz CT molecular complexity index is 772. The van der Waals surface area contributed by atoms with Gasteiger partial charge in [0.2, 0.25) is 0 Å². The molecule has 0 saturated carbocycles. The Balaban J connectivity index is 1.84. The normalized spacial score (nSPS) is 10.3. The summed E-state index contributed by atoms with van der Waals surface area (Å²) in [7, 11) is 0. The van der Waals surface area contributed by atoms with Crippen molar-refractivity contribution in [2.45, 2.75) is 6.92 Å². The van der Waals surface area contributed by atoms with E-state index in [1.165, 1.54) is 11.3 Å². The second kappa shape index (κ2) is 7.07. The van der Waals surface area contributed by atoms with Gasteiger partial charge in [-0.25, -0.2) is 4.98 Å². The van der Waals surface area contributed by atoms with E-state index in [2.05, 4.69) is 10.3 Å². The number of hydrogen-bond donors (Lipinski definition) is 1. The number of anilines is 3. The van der Waals surface area contributed by atoms with Crippen LogP contribution in [0.15, 0.2) is 66.2 Å². The minimum Gasteiger partial charge on any atom is -0.332 e. The number of nitrogens with zero attached hydrogens (tertiary/aromatic N) is 2. The number of thiazole rings is 1. The number of hydrogen-bond acceptors (Lipinski definition) is 4. The third-order valence-corrected chi connectivity index (χ3v) is 4.11. The zero-order chi connectivity index (χ0) is 16.1. The highest BCUT2D eigenvalue weighted by Gasteiger charge is 2.16. The average Bonchev–Trinajstić information content (AvgIpc) is 3.10. The second-order valence-corrected chi connectivity index (χ2v) is 5.82. The molecule has 0 spiro atoms. The quantitative estimate of drug-likeness (QED) is 0.749. The lowest BCUT2D eigenvalue weighted by atomic mass is 10.1. The van der Waals surface area contributed by atoms with Crippen molar-refractivity contribution >= 4 is 33.8 Å². The van der Waals surface area contributed by atoms with E-state index in [9.17, 15) is 4.79 Å². The third-order valence-electron chi connectivity index (χ3n) is 3.42. The van der Waals surface area contributed by atoms with E-state index in [-0.39, 0.29) is 5.91 Å². The lowest BCUT2D eigenvalue weighted by Gasteiger charge is -2.21. The molecule has 4 nitrogen and oxygen atoms in total. The van der Waals surface area contributed by atoms with Gasteiger partial charge in [0.15, 0.2) is 5.13 Å². The van der Waals surface area contributed by atoms with Crippen LogP contribution in [0.3, 0.4) is 0 Å². The maximum Gasteiger partial charge on any atom is 0.258 e. The molecule has 0 unspecified atom stereocenters. The Morgan fingerprint density at radius 2 is 2.00 bits per heavy atom. The smallest absolute Gasteiger partial charge is 0.258 e. The standard InChI is InChI=1S/C18H17N3OS/c1-2-21(16-9-4-3-5-10-16)17(22)14-7-6-8-15(13-14)20-18-19-11-12-23-18/h3-13H,2H2,1H3,(H,19,20). The predicted octanol–water partition coefficient (Wildman–Crippen LogP) is 4.55. The number of carbonyl (C=O) groups excluding carboxylic acids is 1. The van der Waals surface area contributed by atoms with Crippen LogP contribution < -0.4 is 10.2 Å². The van der Waals surface area contributed by atoms with Crippen molar-refractivity contribution in [3.63, 3.8) is 0 Å². The van der Waals surface area contributed by atoms with Crippen LogP contribution >= 0.6 is 11.3 Å². The lowest BCUT2D eigenvalue weighted by molar-refractivity contribution is 0.0988. The van der Waals surface area contributed by atoms with Gasteiger partial charge in [-0.3, -0.25) is 4.79 Å². The zero-order valence-electron chi connectivity index (χ0n) is 12.8. The molecule has 0 radical (unpaired) electrons. The molecule has 5 heteroatoms. The van der Waals surface area contributed by atoms with Crippen molar-refractivity contribution in [2.24, 2.45) is 0 Å². The van der Waals surface area contributed by atoms with Gasteiger partial charge in [0, 0.05) is 35.1 Å². The molecule has 1 N–H and O–H groups in total. The van der Waals surface area contributed by atoms with Gasteiger partial charge in [-0.05, 0) is 37.3 Å².